The van der Waals surface area contributed by atoms with Gasteiger partial charge in [0.2, 0.25) is 5.89 Å². The average molecular weight is 214 g/mol. The van der Waals surface area contributed by atoms with E-state index in [4.69, 9.17) is 4.42 Å². The zero-order valence-corrected chi connectivity index (χ0v) is 8.64. The number of ketones is 1. The largest absolute Gasteiger partial charge is 0.443 e. The van der Waals surface area contributed by atoms with Gasteiger partial charge in [-0.1, -0.05) is 0 Å². The van der Waals surface area contributed by atoms with Gasteiger partial charge in [0.25, 0.3) is 0 Å². The van der Waals surface area contributed by atoms with Gasteiger partial charge in [0.15, 0.2) is 5.78 Å². The molecule has 0 spiro atoms. The molecule has 80 valence electrons. The van der Waals surface area contributed by atoms with Crippen LogP contribution in [-0.2, 0) is 6.42 Å². The summed E-state index contributed by atoms with van der Waals surface area (Å²) in [6.07, 6.45) is 5.47. The predicted octanol–water partition coefficient (Wildman–Crippen LogP) is 2.26. The number of aromatic nitrogens is 2. The Morgan fingerprint density at radius 3 is 3.00 bits per heavy atom. The minimum atomic E-state index is 0.188. The standard InChI is InChI=1S/C12H10N2O2/c15-11-3-1-2-9-8(11)4-5-10(14-9)12-13-6-7-16-12/h4-7H,1-3H2. The molecule has 0 saturated heterocycles. The molecule has 0 N–H and O–H groups in total. The number of rotatable bonds is 1. The molecule has 0 atom stereocenters. The van der Waals surface area contributed by atoms with Crippen molar-refractivity contribution in [1.29, 1.82) is 0 Å². The van der Waals surface area contributed by atoms with Crippen molar-refractivity contribution in [3.63, 3.8) is 0 Å². The number of pyridine rings is 1. The fourth-order valence-corrected chi connectivity index (χ4v) is 1.97. The van der Waals surface area contributed by atoms with Crippen LogP contribution in [-0.4, -0.2) is 15.8 Å². The van der Waals surface area contributed by atoms with Crippen LogP contribution in [0, 0.1) is 0 Å². The SMILES string of the molecule is O=C1CCCc2nc(-c3ncco3)ccc21. The molecule has 2 heterocycles. The number of hydrogen-bond donors (Lipinski definition) is 0. The summed E-state index contributed by atoms with van der Waals surface area (Å²) in [4.78, 5) is 20.1. The third-order valence-electron chi connectivity index (χ3n) is 2.74. The highest BCUT2D eigenvalue weighted by molar-refractivity contribution is 5.98. The van der Waals surface area contributed by atoms with E-state index in [1.807, 2.05) is 6.07 Å². The van der Waals surface area contributed by atoms with Gasteiger partial charge in [0, 0.05) is 12.0 Å². The molecule has 0 fully saturated rings. The lowest BCUT2D eigenvalue weighted by Crippen LogP contribution is -2.12. The van der Waals surface area contributed by atoms with E-state index in [2.05, 4.69) is 9.97 Å². The third-order valence-corrected chi connectivity index (χ3v) is 2.74. The zero-order valence-electron chi connectivity index (χ0n) is 8.64. The topological polar surface area (TPSA) is 56.0 Å². The van der Waals surface area contributed by atoms with Gasteiger partial charge in [0.1, 0.15) is 12.0 Å². The molecule has 1 aliphatic carbocycles. The number of carbonyl (C=O) groups excluding carboxylic acids is 1. The number of Topliss-reactive ketones (excluding diaryl/α,β-unsaturated/α-hetero) is 1. The van der Waals surface area contributed by atoms with Gasteiger partial charge in [-0.05, 0) is 25.0 Å². The number of fused-ring (bicyclic) bond motifs is 1. The van der Waals surface area contributed by atoms with E-state index in [0.717, 1.165) is 24.1 Å². The highest BCUT2D eigenvalue weighted by Gasteiger charge is 2.19. The summed E-state index contributed by atoms with van der Waals surface area (Å²) in [7, 11) is 0. The van der Waals surface area contributed by atoms with Crippen LogP contribution in [0.15, 0.2) is 29.0 Å². The Hall–Kier alpha value is -1.97. The molecule has 0 saturated carbocycles. The molecule has 0 aliphatic heterocycles. The van der Waals surface area contributed by atoms with E-state index in [-0.39, 0.29) is 5.78 Å². The number of oxazole rings is 1. The van der Waals surface area contributed by atoms with E-state index in [1.54, 1.807) is 12.3 Å². The number of hydrogen-bond acceptors (Lipinski definition) is 4. The van der Waals surface area contributed by atoms with Crippen molar-refractivity contribution >= 4 is 5.78 Å². The van der Waals surface area contributed by atoms with Gasteiger partial charge in [-0.25, -0.2) is 9.97 Å². The maximum absolute atomic E-state index is 11.6. The first-order chi connectivity index (χ1) is 7.84. The van der Waals surface area contributed by atoms with Crippen molar-refractivity contribution in [2.75, 3.05) is 0 Å². The van der Waals surface area contributed by atoms with Crippen LogP contribution in [0.25, 0.3) is 11.6 Å². The quantitative estimate of drug-likeness (QED) is 0.730. The van der Waals surface area contributed by atoms with Crippen LogP contribution in [0.1, 0.15) is 28.9 Å². The first-order valence-electron chi connectivity index (χ1n) is 5.27. The summed E-state index contributed by atoms with van der Waals surface area (Å²) >= 11 is 0. The lowest BCUT2D eigenvalue weighted by molar-refractivity contribution is 0.0971. The van der Waals surface area contributed by atoms with Crippen molar-refractivity contribution in [3.05, 3.63) is 35.9 Å². The highest BCUT2D eigenvalue weighted by Crippen LogP contribution is 2.23. The monoisotopic (exact) mass is 214 g/mol. The lowest BCUT2D eigenvalue weighted by Gasteiger charge is -2.13. The van der Waals surface area contributed by atoms with E-state index in [0.29, 0.717) is 18.0 Å². The lowest BCUT2D eigenvalue weighted by atomic mass is 9.94. The fourth-order valence-electron chi connectivity index (χ4n) is 1.97. The van der Waals surface area contributed by atoms with E-state index >= 15 is 0 Å². The molecule has 4 heteroatoms. The molecule has 0 bridgehead atoms. The maximum atomic E-state index is 11.6. The number of nitrogens with zero attached hydrogens (tertiary/aromatic N) is 2. The highest BCUT2D eigenvalue weighted by atomic mass is 16.3. The molecule has 1 aliphatic rings. The zero-order chi connectivity index (χ0) is 11.0. The molecule has 4 nitrogen and oxygen atoms in total. The second-order valence-corrected chi connectivity index (χ2v) is 3.80. The summed E-state index contributed by atoms with van der Waals surface area (Å²) in [5.74, 6) is 0.688. The summed E-state index contributed by atoms with van der Waals surface area (Å²) in [6.45, 7) is 0. The van der Waals surface area contributed by atoms with Gasteiger partial charge in [-0.2, -0.15) is 0 Å². The molecule has 3 rings (SSSR count). The summed E-state index contributed by atoms with van der Waals surface area (Å²) in [5.41, 5.74) is 2.31. The van der Waals surface area contributed by atoms with Crippen LogP contribution >= 0.6 is 0 Å². The Kier molecular flexibility index (Phi) is 2.06. The third kappa shape index (κ3) is 1.43. The first kappa shape index (κ1) is 9.27. The molecule has 0 aromatic carbocycles. The molecule has 2 aromatic heterocycles. The van der Waals surface area contributed by atoms with Crippen LogP contribution in [0.4, 0.5) is 0 Å². The summed E-state index contributed by atoms with van der Waals surface area (Å²) in [6, 6.07) is 3.61. The van der Waals surface area contributed by atoms with Gasteiger partial charge >= 0.3 is 0 Å². The minimum absolute atomic E-state index is 0.188. The van der Waals surface area contributed by atoms with Crippen molar-refractivity contribution < 1.29 is 9.21 Å². The molecule has 16 heavy (non-hydrogen) atoms. The van der Waals surface area contributed by atoms with Gasteiger partial charge in [-0.15, -0.1) is 0 Å². The van der Waals surface area contributed by atoms with Crippen molar-refractivity contribution in [1.82, 2.24) is 9.97 Å². The molecule has 0 unspecified atom stereocenters. The van der Waals surface area contributed by atoms with Crippen molar-refractivity contribution in [2.24, 2.45) is 0 Å². The molecular formula is C12H10N2O2. The average Bonchev–Trinajstić information content (AvgIpc) is 2.82. The number of carbonyl (C=O) groups is 1. The van der Waals surface area contributed by atoms with Gasteiger partial charge < -0.3 is 4.42 Å². The Labute approximate surface area is 92.3 Å². The van der Waals surface area contributed by atoms with E-state index in [9.17, 15) is 4.79 Å². The maximum Gasteiger partial charge on any atom is 0.244 e. The fraction of sp³-hybridized carbons (Fsp3) is 0.250. The molecular weight excluding hydrogens is 204 g/mol. The minimum Gasteiger partial charge on any atom is -0.443 e. The Balaban J connectivity index is 2.08. The smallest absolute Gasteiger partial charge is 0.244 e. The molecule has 0 amide bonds. The predicted molar refractivity (Wildman–Crippen MR) is 57.0 cm³/mol. The second-order valence-electron chi connectivity index (χ2n) is 3.80. The van der Waals surface area contributed by atoms with Gasteiger partial charge in [0.05, 0.1) is 11.9 Å². The normalized spacial score (nSPS) is 14.9. The van der Waals surface area contributed by atoms with E-state index < -0.39 is 0 Å². The Morgan fingerprint density at radius 2 is 2.19 bits per heavy atom. The number of aryl methyl sites for hydroxylation is 1. The van der Waals surface area contributed by atoms with Crippen molar-refractivity contribution in [3.8, 4) is 11.6 Å². The molecule has 0 radical (unpaired) electrons. The second kappa shape index (κ2) is 3.56. The molecule has 2 aromatic rings. The van der Waals surface area contributed by atoms with Crippen LogP contribution in [0.3, 0.4) is 0 Å². The Bertz CT molecular complexity index is 532. The summed E-state index contributed by atoms with van der Waals surface area (Å²) < 4.78 is 5.18. The van der Waals surface area contributed by atoms with Gasteiger partial charge in [-0.3, -0.25) is 4.79 Å². The van der Waals surface area contributed by atoms with E-state index in [1.165, 1.54) is 6.26 Å². The Morgan fingerprint density at radius 1 is 1.25 bits per heavy atom. The van der Waals surface area contributed by atoms with Crippen LogP contribution in [0.2, 0.25) is 0 Å². The van der Waals surface area contributed by atoms with Crippen molar-refractivity contribution in [2.45, 2.75) is 19.3 Å². The summed E-state index contributed by atoms with van der Waals surface area (Å²) in [5, 5.41) is 0. The first-order valence-corrected chi connectivity index (χ1v) is 5.27. The van der Waals surface area contributed by atoms with Crippen LogP contribution < -0.4 is 0 Å². The van der Waals surface area contributed by atoms with Crippen LogP contribution in [0.5, 0.6) is 0 Å².